The molecule has 3 aliphatic rings. The molecule has 0 aliphatic carbocycles. The Morgan fingerprint density at radius 2 is 0.877 bits per heavy atom. The zero-order valence-electron chi connectivity index (χ0n) is 43.9. The second-order valence-electron chi connectivity index (χ2n) is 20.0. The van der Waals surface area contributed by atoms with E-state index in [1.807, 2.05) is 6.08 Å². The molecular weight excluding hydrogens is 951 g/mol. The lowest BCUT2D eigenvalue weighted by Gasteiger charge is -2.48. The average molecular weight is 1050 g/mol. The van der Waals surface area contributed by atoms with Gasteiger partial charge >= 0.3 is 0 Å². The highest BCUT2D eigenvalue weighted by Crippen LogP contribution is 2.33. The Balaban J connectivity index is 1.56. The molecular formula is C54H97NO18. The van der Waals surface area contributed by atoms with Gasteiger partial charge in [0, 0.05) is 6.42 Å². The van der Waals surface area contributed by atoms with Crippen LogP contribution in [0.3, 0.4) is 0 Å². The maximum atomic E-state index is 13.2. The minimum atomic E-state index is -1.98. The summed E-state index contributed by atoms with van der Waals surface area (Å²) in [6.07, 6.45) is 11.4. The SMILES string of the molecule is CCCCC/C=C\CCCCCCCC(=O)NC(COC1OC(CO)C(OC2OC(CO)C(OC3OC(CO)C(O)C(O)C3O)C(O)C2O)C(O)C1O)C(O)/C=C/CC/C=C/CCCCCCCCCCCC. The first-order valence-corrected chi connectivity index (χ1v) is 27.7. The molecule has 0 radical (unpaired) electrons. The molecule has 19 heteroatoms. The van der Waals surface area contributed by atoms with Crippen molar-refractivity contribution in [3.8, 4) is 0 Å². The van der Waals surface area contributed by atoms with E-state index in [1.165, 1.54) is 77.0 Å². The second kappa shape index (κ2) is 38.5. The fraction of sp³-hybridized carbons (Fsp3) is 0.870. The minimum absolute atomic E-state index is 0.225. The molecule has 3 saturated heterocycles. The van der Waals surface area contributed by atoms with Crippen LogP contribution < -0.4 is 5.32 Å². The van der Waals surface area contributed by atoms with E-state index in [4.69, 9.17) is 28.4 Å². The number of allylic oxidation sites excluding steroid dienone is 5. The van der Waals surface area contributed by atoms with Crippen LogP contribution in [0.4, 0.5) is 0 Å². The third kappa shape index (κ3) is 23.7. The van der Waals surface area contributed by atoms with Crippen LogP contribution in [0, 0.1) is 0 Å². The van der Waals surface area contributed by atoms with E-state index in [0.29, 0.717) is 12.8 Å². The Hall–Kier alpha value is -1.99. The molecule has 12 N–H and O–H groups in total. The van der Waals surface area contributed by atoms with Crippen LogP contribution in [-0.4, -0.2) is 193 Å². The maximum Gasteiger partial charge on any atom is 0.220 e. The quantitative estimate of drug-likeness (QED) is 0.0310. The number of carbonyl (C=O) groups is 1. The number of unbranched alkanes of at least 4 members (excludes halogenated alkanes) is 19. The van der Waals surface area contributed by atoms with E-state index in [0.717, 1.165) is 57.8 Å². The summed E-state index contributed by atoms with van der Waals surface area (Å²) in [5.74, 6) is -0.298. The van der Waals surface area contributed by atoms with Gasteiger partial charge in [-0.25, -0.2) is 0 Å². The van der Waals surface area contributed by atoms with Crippen molar-refractivity contribution in [3.63, 3.8) is 0 Å². The highest BCUT2D eigenvalue weighted by molar-refractivity contribution is 5.76. The predicted octanol–water partition coefficient (Wildman–Crippen LogP) is 3.37. The van der Waals surface area contributed by atoms with Crippen LogP contribution in [-0.2, 0) is 33.2 Å². The Morgan fingerprint density at radius 1 is 0.479 bits per heavy atom. The first-order chi connectivity index (χ1) is 35.3. The summed E-state index contributed by atoms with van der Waals surface area (Å²) < 4.78 is 34.1. The van der Waals surface area contributed by atoms with Crippen molar-refractivity contribution in [2.75, 3.05) is 26.4 Å². The van der Waals surface area contributed by atoms with Gasteiger partial charge in [0.2, 0.25) is 5.91 Å². The zero-order valence-corrected chi connectivity index (χ0v) is 43.9. The van der Waals surface area contributed by atoms with Gasteiger partial charge in [-0.3, -0.25) is 4.79 Å². The molecule has 0 spiro atoms. The number of amides is 1. The van der Waals surface area contributed by atoms with Crippen LogP contribution in [0.25, 0.3) is 0 Å². The molecule has 3 heterocycles. The van der Waals surface area contributed by atoms with Crippen molar-refractivity contribution in [2.45, 2.75) is 272 Å². The van der Waals surface area contributed by atoms with Crippen molar-refractivity contribution in [1.29, 1.82) is 0 Å². The summed E-state index contributed by atoms with van der Waals surface area (Å²) in [5, 5.41) is 120. The highest BCUT2D eigenvalue weighted by atomic mass is 16.8. The molecule has 0 bridgehead atoms. The summed E-state index contributed by atoms with van der Waals surface area (Å²) in [4.78, 5) is 13.2. The van der Waals surface area contributed by atoms with Gasteiger partial charge in [-0.1, -0.05) is 140 Å². The first kappa shape index (κ1) is 65.3. The van der Waals surface area contributed by atoms with E-state index in [-0.39, 0.29) is 18.9 Å². The zero-order chi connectivity index (χ0) is 53.4. The minimum Gasteiger partial charge on any atom is -0.394 e. The number of carbonyl (C=O) groups excluding carboxylic acids is 1. The Morgan fingerprint density at radius 3 is 1.40 bits per heavy atom. The largest absolute Gasteiger partial charge is 0.394 e. The molecule has 19 nitrogen and oxygen atoms in total. The molecule has 426 valence electrons. The lowest BCUT2D eigenvalue weighted by molar-refractivity contribution is -0.379. The average Bonchev–Trinajstić information content (AvgIpc) is 3.39. The molecule has 17 atom stereocenters. The topological polar surface area (TPSA) is 307 Å². The molecule has 3 fully saturated rings. The van der Waals surface area contributed by atoms with Crippen molar-refractivity contribution < 1.29 is 89.4 Å². The molecule has 3 aliphatic heterocycles. The van der Waals surface area contributed by atoms with Gasteiger partial charge in [-0.15, -0.1) is 0 Å². The summed E-state index contributed by atoms with van der Waals surface area (Å²) in [6.45, 7) is 1.64. The lowest BCUT2D eigenvalue weighted by atomic mass is 9.96. The molecule has 73 heavy (non-hydrogen) atoms. The van der Waals surface area contributed by atoms with E-state index in [2.05, 4.69) is 43.5 Å². The number of hydrogen-bond donors (Lipinski definition) is 12. The third-order valence-corrected chi connectivity index (χ3v) is 13.9. The fourth-order valence-corrected chi connectivity index (χ4v) is 9.26. The number of hydrogen-bond acceptors (Lipinski definition) is 18. The van der Waals surface area contributed by atoms with Gasteiger partial charge in [0.1, 0.15) is 73.2 Å². The fourth-order valence-electron chi connectivity index (χ4n) is 9.26. The van der Waals surface area contributed by atoms with Gasteiger partial charge < -0.3 is 89.9 Å². The summed E-state index contributed by atoms with van der Waals surface area (Å²) in [6, 6.07) is -0.991. The first-order valence-electron chi connectivity index (χ1n) is 27.7. The Labute approximate surface area is 434 Å². The molecule has 0 aromatic heterocycles. The standard InChI is InChI=1S/C54H97NO18/c1-3-5-7-9-11-13-15-17-18-19-20-21-23-25-27-29-31-38(59)37(55-42(60)32-30-28-26-24-22-16-14-12-10-8-6-4-2)36-68-52-48(66)45(63)50(40(34-57)70-52)73-54-49(67)46(64)51(41(35-58)71-54)72-53-47(65)44(62)43(61)39(33-56)69-53/h12,14,21,23,29,31,37-41,43-54,56-59,61-67H,3-11,13,15-20,22,24-28,30,32-36H2,1-2H3,(H,55,60)/b14-12-,23-21+,31-29+. The van der Waals surface area contributed by atoms with Gasteiger partial charge in [-0.2, -0.15) is 0 Å². The monoisotopic (exact) mass is 1050 g/mol. The molecule has 1 amide bonds. The number of nitrogens with one attached hydrogen (secondary N) is 1. The summed E-state index contributed by atoms with van der Waals surface area (Å²) in [7, 11) is 0. The van der Waals surface area contributed by atoms with Crippen LogP contribution >= 0.6 is 0 Å². The van der Waals surface area contributed by atoms with E-state index >= 15 is 0 Å². The van der Waals surface area contributed by atoms with Gasteiger partial charge in [-0.05, 0) is 57.8 Å². The lowest BCUT2D eigenvalue weighted by Crippen LogP contribution is -2.66. The number of rotatable bonds is 39. The predicted molar refractivity (Wildman–Crippen MR) is 272 cm³/mol. The van der Waals surface area contributed by atoms with E-state index in [1.54, 1.807) is 6.08 Å². The number of ether oxygens (including phenoxy) is 6. The highest BCUT2D eigenvalue weighted by Gasteiger charge is 2.53. The third-order valence-electron chi connectivity index (χ3n) is 13.9. The van der Waals surface area contributed by atoms with Crippen LogP contribution in [0.15, 0.2) is 36.5 Å². The molecule has 17 unspecified atom stereocenters. The van der Waals surface area contributed by atoms with Crippen molar-refractivity contribution in [1.82, 2.24) is 5.32 Å². The van der Waals surface area contributed by atoms with Crippen molar-refractivity contribution in [3.05, 3.63) is 36.5 Å². The Kier molecular flexibility index (Phi) is 34.5. The van der Waals surface area contributed by atoms with Crippen molar-refractivity contribution in [2.24, 2.45) is 0 Å². The smallest absolute Gasteiger partial charge is 0.220 e. The summed E-state index contributed by atoms with van der Waals surface area (Å²) >= 11 is 0. The van der Waals surface area contributed by atoms with Crippen LogP contribution in [0.1, 0.15) is 168 Å². The second-order valence-corrected chi connectivity index (χ2v) is 20.0. The molecule has 0 aromatic rings. The van der Waals surface area contributed by atoms with Gasteiger partial charge in [0.05, 0.1) is 38.6 Å². The number of aliphatic hydroxyl groups is 11. The Bertz CT molecular complexity index is 1490. The normalized spacial score (nSPS) is 32.0. The molecule has 3 rings (SSSR count). The maximum absolute atomic E-state index is 13.2. The van der Waals surface area contributed by atoms with Crippen LogP contribution in [0.2, 0.25) is 0 Å². The molecule has 0 aromatic carbocycles. The van der Waals surface area contributed by atoms with E-state index < -0.39 is 124 Å². The van der Waals surface area contributed by atoms with Gasteiger partial charge in [0.25, 0.3) is 0 Å². The number of aliphatic hydroxyl groups excluding tert-OH is 11. The van der Waals surface area contributed by atoms with Crippen molar-refractivity contribution >= 4 is 5.91 Å². The van der Waals surface area contributed by atoms with Gasteiger partial charge in [0.15, 0.2) is 18.9 Å². The van der Waals surface area contributed by atoms with Crippen LogP contribution in [0.5, 0.6) is 0 Å². The van der Waals surface area contributed by atoms with E-state index in [9.17, 15) is 61.0 Å². The molecule has 0 saturated carbocycles. The summed E-state index contributed by atoms with van der Waals surface area (Å²) in [5.41, 5.74) is 0.